The third-order valence-corrected chi connectivity index (χ3v) is 3.33. The van der Waals surface area contributed by atoms with Gasteiger partial charge in [-0.15, -0.1) is 0 Å². The largest absolute Gasteiger partial charge is 0.485 e. The van der Waals surface area contributed by atoms with Gasteiger partial charge in [-0.2, -0.15) is 0 Å². The van der Waals surface area contributed by atoms with E-state index in [-0.39, 0.29) is 11.7 Å². The summed E-state index contributed by atoms with van der Waals surface area (Å²) in [5.74, 6) is -0.546. The Bertz CT molecular complexity index is 467. The highest BCUT2D eigenvalue weighted by Gasteiger charge is 2.31. The van der Waals surface area contributed by atoms with Gasteiger partial charge >= 0.3 is 0 Å². The number of benzene rings is 1. The molecule has 0 aliphatic heterocycles. The van der Waals surface area contributed by atoms with Crippen LogP contribution in [0.25, 0.3) is 0 Å². The molecule has 4 nitrogen and oxygen atoms in total. The van der Waals surface area contributed by atoms with Gasteiger partial charge in [0, 0.05) is 0 Å². The highest BCUT2D eigenvalue weighted by molar-refractivity contribution is 5.94. The van der Waals surface area contributed by atoms with Gasteiger partial charge in [-0.1, -0.05) is 12.1 Å². The van der Waals surface area contributed by atoms with E-state index in [0.717, 1.165) is 6.42 Å². The van der Waals surface area contributed by atoms with E-state index in [1.807, 2.05) is 0 Å². The van der Waals surface area contributed by atoms with Crippen molar-refractivity contribution in [1.29, 1.82) is 0 Å². The number of halogens is 2. The van der Waals surface area contributed by atoms with Crippen molar-refractivity contribution < 1.29 is 23.4 Å². The number of hydrogen-bond donors (Lipinski definition) is 2. The fraction of sp³-hybridized carbons (Fsp3) is 0.500. The summed E-state index contributed by atoms with van der Waals surface area (Å²) < 4.78 is 29.3. The summed E-state index contributed by atoms with van der Waals surface area (Å²) in [6, 6.07) is 6.42. The minimum Gasteiger partial charge on any atom is -0.485 e. The molecule has 1 saturated carbocycles. The Morgan fingerprint density at radius 1 is 1.40 bits per heavy atom. The second-order valence-corrected chi connectivity index (χ2v) is 4.79. The summed E-state index contributed by atoms with van der Waals surface area (Å²) in [6.45, 7) is -0.723. The number of hydrogen-bond acceptors (Lipinski definition) is 3. The quantitative estimate of drug-likeness (QED) is 0.873. The number of rotatable bonds is 5. The van der Waals surface area contributed by atoms with Crippen LogP contribution < -0.4 is 10.1 Å². The van der Waals surface area contributed by atoms with E-state index in [0.29, 0.717) is 18.5 Å². The van der Waals surface area contributed by atoms with Gasteiger partial charge in [-0.05, 0) is 31.4 Å². The van der Waals surface area contributed by atoms with E-state index in [1.165, 1.54) is 6.07 Å². The zero-order valence-corrected chi connectivity index (χ0v) is 10.9. The number of ether oxygens (including phenoxy) is 1. The van der Waals surface area contributed by atoms with Crippen LogP contribution in [0, 0.1) is 5.92 Å². The highest BCUT2D eigenvalue weighted by atomic mass is 19.3. The first kappa shape index (κ1) is 14.7. The van der Waals surface area contributed by atoms with Crippen LogP contribution in [-0.2, 0) is 4.79 Å². The van der Waals surface area contributed by atoms with Gasteiger partial charge in [0.15, 0.2) is 0 Å². The standard InChI is InChI=1S/C14H17F2NO3/c15-13(16)8-20-12-7-2-1-5-10(12)17-14(19)9-4-3-6-11(9)18/h1-2,5,7,9,11,13,18H,3-4,6,8H2,(H,17,19). The number of anilines is 1. The summed E-state index contributed by atoms with van der Waals surface area (Å²) in [5.41, 5.74) is 0.345. The van der Waals surface area contributed by atoms with Crippen LogP contribution in [0.4, 0.5) is 14.5 Å². The van der Waals surface area contributed by atoms with Gasteiger partial charge < -0.3 is 15.2 Å². The van der Waals surface area contributed by atoms with E-state index < -0.39 is 25.1 Å². The zero-order valence-electron chi connectivity index (χ0n) is 10.9. The van der Waals surface area contributed by atoms with E-state index in [9.17, 15) is 18.7 Å². The molecule has 20 heavy (non-hydrogen) atoms. The number of nitrogens with one attached hydrogen (secondary N) is 1. The lowest BCUT2D eigenvalue weighted by atomic mass is 10.1. The third-order valence-electron chi connectivity index (χ3n) is 3.33. The van der Waals surface area contributed by atoms with Crippen molar-refractivity contribution in [3.05, 3.63) is 24.3 Å². The smallest absolute Gasteiger partial charge is 0.272 e. The molecule has 0 radical (unpaired) electrons. The van der Waals surface area contributed by atoms with Crippen LogP contribution in [0.3, 0.4) is 0 Å². The number of para-hydroxylation sites is 2. The predicted octanol–water partition coefficient (Wildman–Crippen LogP) is 2.43. The Hall–Kier alpha value is -1.69. The first-order valence-corrected chi connectivity index (χ1v) is 6.57. The fourth-order valence-electron chi connectivity index (χ4n) is 2.32. The Morgan fingerprint density at radius 3 is 2.80 bits per heavy atom. The van der Waals surface area contributed by atoms with Gasteiger partial charge in [-0.25, -0.2) is 8.78 Å². The molecule has 110 valence electrons. The molecule has 0 aromatic heterocycles. The topological polar surface area (TPSA) is 58.6 Å². The van der Waals surface area contributed by atoms with Crippen molar-refractivity contribution in [3.63, 3.8) is 0 Å². The molecular weight excluding hydrogens is 268 g/mol. The van der Waals surface area contributed by atoms with E-state index >= 15 is 0 Å². The summed E-state index contributed by atoms with van der Waals surface area (Å²) in [6.07, 6.45) is -1.16. The summed E-state index contributed by atoms with van der Waals surface area (Å²) >= 11 is 0. The Balaban J connectivity index is 2.03. The molecule has 1 aliphatic carbocycles. The average Bonchev–Trinajstić information content (AvgIpc) is 2.84. The Morgan fingerprint density at radius 2 is 2.15 bits per heavy atom. The molecule has 2 rings (SSSR count). The van der Waals surface area contributed by atoms with Crippen LogP contribution in [-0.4, -0.2) is 30.2 Å². The zero-order chi connectivity index (χ0) is 14.5. The van der Waals surface area contributed by atoms with Gasteiger partial charge in [0.1, 0.15) is 12.4 Å². The van der Waals surface area contributed by atoms with Crippen molar-refractivity contribution in [2.24, 2.45) is 5.92 Å². The second-order valence-electron chi connectivity index (χ2n) is 4.79. The van der Waals surface area contributed by atoms with E-state index in [4.69, 9.17) is 4.74 Å². The molecule has 0 saturated heterocycles. The maximum atomic E-state index is 12.2. The van der Waals surface area contributed by atoms with Crippen LogP contribution >= 0.6 is 0 Å². The molecule has 2 unspecified atom stereocenters. The van der Waals surface area contributed by atoms with Gasteiger partial charge in [0.05, 0.1) is 17.7 Å². The number of aliphatic hydroxyl groups is 1. The van der Waals surface area contributed by atoms with Crippen molar-refractivity contribution in [1.82, 2.24) is 0 Å². The number of carbonyl (C=O) groups excluding carboxylic acids is 1. The summed E-state index contributed by atoms with van der Waals surface area (Å²) in [4.78, 5) is 12.0. The van der Waals surface area contributed by atoms with Crippen molar-refractivity contribution in [3.8, 4) is 5.75 Å². The van der Waals surface area contributed by atoms with Crippen LogP contribution in [0.15, 0.2) is 24.3 Å². The fourth-order valence-corrected chi connectivity index (χ4v) is 2.32. The molecule has 6 heteroatoms. The minimum atomic E-state index is -2.57. The summed E-state index contributed by atoms with van der Waals surface area (Å²) in [5, 5.41) is 12.3. The maximum Gasteiger partial charge on any atom is 0.272 e. The number of carbonyl (C=O) groups is 1. The number of alkyl halides is 2. The molecule has 1 aliphatic rings. The average molecular weight is 285 g/mol. The monoisotopic (exact) mass is 285 g/mol. The number of amides is 1. The van der Waals surface area contributed by atoms with Gasteiger partial charge in [0.25, 0.3) is 6.43 Å². The van der Waals surface area contributed by atoms with E-state index in [1.54, 1.807) is 18.2 Å². The lowest BCUT2D eigenvalue weighted by Gasteiger charge is -2.16. The summed E-state index contributed by atoms with van der Waals surface area (Å²) in [7, 11) is 0. The molecular formula is C14H17F2NO3. The third kappa shape index (κ3) is 3.66. The SMILES string of the molecule is O=C(Nc1ccccc1OCC(F)F)C1CCCC1O. The maximum absolute atomic E-state index is 12.2. The highest BCUT2D eigenvalue weighted by Crippen LogP contribution is 2.29. The van der Waals surface area contributed by atoms with E-state index in [2.05, 4.69) is 5.32 Å². The lowest BCUT2D eigenvalue weighted by Crippen LogP contribution is -2.28. The molecule has 2 atom stereocenters. The molecule has 1 amide bonds. The lowest BCUT2D eigenvalue weighted by molar-refractivity contribution is -0.122. The molecule has 0 heterocycles. The van der Waals surface area contributed by atoms with Crippen molar-refractivity contribution >= 4 is 11.6 Å². The van der Waals surface area contributed by atoms with Gasteiger partial charge in [-0.3, -0.25) is 4.79 Å². The molecule has 0 spiro atoms. The molecule has 0 bridgehead atoms. The number of aliphatic hydroxyl groups excluding tert-OH is 1. The van der Waals surface area contributed by atoms with Gasteiger partial charge in [0.2, 0.25) is 5.91 Å². The van der Waals surface area contributed by atoms with Crippen LogP contribution in [0.1, 0.15) is 19.3 Å². The first-order chi connectivity index (χ1) is 9.58. The molecule has 1 fully saturated rings. The predicted molar refractivity (Wildman–Crippen MR) is 69.9 cm³/mol. The molecule has 1 aromatic carbocycles. The first-order valence-electron chi connectivity index (χ1n) is 6.57. The minimum absolute atomic E-state index is 0.202. The molecule has 1 aromatic rings. The molecule has 2 N–H and O–H groups in total. The normalized spacial score (nSPS) is 22.0. The second kappa shape index (κ2) is 6.65. The van der Waals surface area contributed by atoms with Crippen LogP contribution in [0.2, 0.25) is 0 Å². The Kier molecular flexibility index (Phi) is 4.89. The van der Waals surface area contributed by atoms with Crippen molar-refractivity contribution in [2.45, 2.75) is 31.8 Å². The van der Waals surface area contributed by atoms with Crippen LogP contribution in [0.5, 0.6) is 5.75 Å². The Labute approximate surface area is 115 Å². The van der Waals surface area contributed by atoms with Crippen molar-refractivity contribution in [2.75, 3.05) is 11.9 Å².